The summed E-state index contributed by atoms with van der Waals surface area (Å²) < 4.78 is 14.8. The van der Waals surface area contributed by atoms with Gasteiger partial charge in [0.1, 0.15) is 6.17 Å². The minimum Gasteiger partial charge on any atom is -0.345 e. The average Bonchev–Trinajstić information content (AvgIpc) is 3.63. The first kappa shape index (κ1) is 51.7. The molecule has 1 aliphatic rings. The van der Waals surface area contributed by atoms with Gasteiger partial charge in [0, 0.05) is 47.4 Å². The molecule has 0 aliphatic heterocycles. The highest BCUT2D eigenvalue weighted by Crippen LogP contribution is 2.43. The highest BCUT2D eigenvalue weighted by atomic mass is 32.1. The van der Waals surface area contributed by atoms with Crippen molar-refractivity contribution >= 4 is 35.2 Å². The zero-order valence-corrected chi connectivity index (χ0v) is 39.6. The van der Waals surface area contributed by atoms with E-state index in [0.717, 1.165) is 62.4 Å². The normalized spacial score (nSPS) is 16.2. The lowest BCUT2D eigenvalue weighted by atomic mass is 9.88. The lowest BCUT2D eigenvalue weighted by Crippen LogP contribution is -2.48. The highest BCUT2D eigenvalue weighted by molar-refractivity contribution is 7.53. The van der Waals surface area contributed by atoms with Crippen LogP contribution in [0.1, 0.15) is 162 Å². The van der Waals surface area contributed by atoms with Crippen molar-refractivity contribution in [3.63, 3.8) is 0 Å². The maximum atomic E-state index is 13.6. The van der Waals surface area contributed by atoms with Crippen LogP contribution < -0.4 is 5.09 Å². The van der Waals surface area contributed by atoms with E-state index >= 15 is 0 Å². The minimum absolute atomic E-state index is 0.370. The molecule has 1 saturated carbocycles. The fraction of sp³-hybridized carbons (Fsp3) is 0.600. The number of nitrogens with one attached hydrogen (secondary N) is 1. The number of nitrogens with zero attached hydrogens (tertiary/aromatic N) is 2. The van der Waals surface area contributed by atoms with Gasteiger partial charge in [-0.25, -0.2) is 4.39 Å². The molecule has 3 atom stereocenters. The molecule has 1 aromatic heterocycles. The number of rotatable bonds is 23. The topological polar surface area (TPSA) is 18.5 Å². The Morgan fingerprint density at radius 3 is 2.00 bits per heavy atom. The first-order valence-corrected chi connectivity index (χ1v) is 24.8. The lowest BCUT2D eigenvalue weighted by molar-refractivity contribution is 0.0390. The van der Waals surface area contributed by atoms with Crippen LogP contribution >= 0.6 is 19.4 Å². The quantitative estimate of drug-likeness (QED) is 0.0760. The maximum absolute atomic E-state index is 13.6. The van der Waals surface area contributed by atoms with Crippen molar-refractivity contribution in [3.05, 3.63) is 102 Å². The molecule has 0 spiro atoms. The Kier molecular flexibility index (Phi) is 27.6. The molecule has 3 unspecified atom stereocenters. The van der Waals surface area contributed by atoms with E-state index in [4.69, 9.17) is 0 Å². The van der Waals surface area contributed by atoms with Crippen LogP contribution in [0.25, 0.3) is 15.8 Å². The van der Waals surface area contributed by atoms with Gasteiger partial charge in [-0.05, 0) is 102 Å². The molecule has 1 N–H and O–H groups in total. The second kappa shape index (κ2) is 29.8. The summed E-state index contributed by atoms with van der Waals surface area (Å²) >= 11 is 1.82. The molecular weight excluding hydrogens is 725 g/mol. The second-order valence-corrected chi connectivity index (χ2v) is 18.0. The van der Waals surface area contributed by atoms with Gasteiger partial charge in [-0.15, -0.1) is 11.3 Å². The second-order valence-electron chi connectivity index (χ2n) is 15.0. The zero-order chi connectivity index (χ0) is 42.0. The van der Waals surface area contributed by atoms with Gasteiger partial charge in [-0.2, -0.15) is 0 Å². The van der Waals surface area contributed by atoms with Gasteiger partial charge in [0.05, 0.1) is 10.6 Å². The molecule has 0 radical (unpaired) electrons. The van der Waals surface area contributed by atoms with E-state index < -0.39 is 14.2 Å². The Hall–Kier alpha value is -2.30. The van der Waals surface area contributed by atoms with Crippen molar-refractivity contribution in [2.75, 3.05) is 13.6 Å². The molecule has 56 heavy (non-hydrogen) atoms. The third-order valence-electron chi connectivity index (χ3n) is 10.6. The monoisotopic (exact) mass is 808 g/mol. The van der Waals surface area contributed by atoms with Gasteiger partial charge in [-0.3, -0.25) is 5.09 Å². The van der Waals surface area contributed by atoms with E-state index in [0.29, 0.717) is 31.0 Å². The molecule has 4 rings (SSSR count). The van der Waals surface area contributed by atoms with E-state index in [1.807, 2.05) is 39.0 Å². The number of benzene rings is 2. The average molecular weight is 808 g/mol. The molecule has 1 fully saturated rings. The summed E-state index contributed by atoms with van der Waals surface area (Å²) in [5, 5.41) is 5.41. The summed E-state index contributed by atoms with van der Waals surface area (Å²) in [4.78, 5) is 5.88. The fourth-order valence-corrected chi connectivity index (χ4v) is 10.5. The number of unbranched alkanes of at least 4 members (excludes halogenated alkanes) is 3. The molecule has 2 aromatic carbocycles. The summed E-state index contributed by atoms with van der Waals surface area (Å²) in [5.41, 5.74) is 6.17. The van der Waals surface area contributed by atoms with Crippen molar-refractivity contribution in [1.82, 2.24) is 14.9 Å². The highest BCUT2D eigenvalue weighted by Gasteiger charge is 2.34. The molecule has 3 nitrogen and oxygen atoms in total. The van der Waals surface area contributed by atoms with Gasteiger partial charge in [0.25, 0.3) is 0 Å². The summed E-state index contributed by atoms with van der Waals surface area (Å²) in [7, 11) is 1.68. The molecule has 1 heterocycles. The van der Waals surface area contributed by atoms with Gasteiger partial charge < -0.3 is 9.80 Å². The van der Waals surface area contributed by atoms with E-state index in [2.05, 4.69) is 138 Å². The molecule has 0 saturated heterocycles. The Morgan fingerprint density at radius 1 is 0.839 bits per heavy atom. The van der Waals surface area contributed by atoms with Crippen molar-refractivity contribution in [3.8, 4) is 0 Å². The van der Waals surface area contributed by atoms with E-state index in [1.165, 1.54) is 63.8 Å². The number of hydrogen-bond donors (Lipinski definition) is 1. The third kappa shape index (κ3) is 17.7. The Bertz CT molecular complexity index is 1490. The predicted octanol–water partition coefficient (Wildman–Crippen LogP) is 16.2. The molecule has 1 aliphatic carbocycles. The van der Waals surface area contributed by atoms with Crippen molar-refractivity contribution in [2.45, 2.75) is 183 Å². The number of hydrogen-bond acceptors (Lipinski definition) is 4. The van der Waals surface area contributed by atoms with Crippen LogP contribution in [0.5, 0.6) is 0 Å². The summed E-state index contributed by atoms with van der Waals surface area (Å²) in [6.07, 6.45) is 14.7. The van der Waals surface area contributed by atoms with Crippen LogP contribution in [0.4, 0.5) is 4.39 Å². The van der Waals surface area contributed by atoms with Crippen LogP contribution in [-0.4, -0.2) is 47.7 Å². The van der Waals surface area contributed by atoms with Gasteiger partial charge in [0.2, 0.25) is 0 Å². The molecule has 0 bridgehead atoms. The van der Waals surface area contributed by atoms with E-state index in [1.54, 1.807) is 0 Å². The SMILES string of the molecule is C=C(CCCC)C(CCC)NP(Cc1ccccc1)Cc1ccc2sc(C(=C)N(CCC(CC)N(C)C3CC(F)C3)C(=C)C)cc2c1.CC.CC.CCCCC. The van der Waals surface area contributed by atoms with Crippen LogP contribution in [0.3, 0.4) is 0 Å². The summed E-state index contributed by atoms with van der Waals surface area (Å²) in [6.45, 7) is 35.6. The molecule has 0 amide bonds. The fourth-order valence-electron chi connectivity index (χ4n) is 7.12. The number of thiophene rings is 1. The third-order valence-corrected chi connectivity index (χ3v) is 13.9. The molecule has 6 heteroatoms. The van der Waals surface area contributed by atoms with Crippen molar-refractivity contribution in [1.29, 1.82) is 0 Å². The number of fused-ring (bicyclic) bond motifs is 1. The number of allylic oxidation sites excluding steroid dienone is 1. The zero-order valence-electron chi connectivity index (χ0n) is 37.9. The van der Waals surface area contributed by atoms with Gasteiger partial charge in [0.15, 0.2) is 0 Å². The molecule has 3 aromatic rings. The smallest absolute Gasteiger partial charge is 0.103 e. The first-order valence-electron chi connectivity index (χ1n) is 22.3. The van der Waals surface area contributed by atoms with E-state index in [-0.39, 0.29) is 0 Å². The number of halogens is 1. The van der Waals surface area contributed by atoms with E-state index in [9.17, 15) is 4.39 Å². The Balaban J connectivity index is 0.00000159. The van der Waals surface area contributed by atoms with Gasteiger partial charge in [-0.1, -0.05) is 156 Å². The van der Waals surface area contributed by atoms with Crippen molar-refractivity contribution in [2.24, 2.45) is 0 Å². The van der Waals surface area contributed by atoms with Crippen LogP contribution in [0.2, 0.25) is 0 Å². The minimum atomic E-state index is -0.624. The van der Waals surface area contributed by atoms with Crippen LogP contribution in [-0.2, 0) is 12.3 Å². The first-order chi connectivity index (χ1) is 27.0. The maximum Gasteiger partial charge on any atom is 0.103 e. The largest absolute Gasteiger partial charge is 0.345 e. The van der Waals surface area contributed by atoms with Crippen LogP contribution in [0, 0.1) is 0 Å². The van der Waals surface area contributed by atoms with Crippen LogP contribution in [0.15, 0.2) is 85.6 Å². The standard InChI is InChI=1S/C41H59FN3PS.C5H12.2C2H6/c1-9-12-17-31(6)39(16-10-2)43-46(28-33-18-14-13-15-19-33)29-34-20-21-40-35(24-34)25-41(47-40)32(7)45(30(4)5)23-22-37(11-3)44(8)38-26-36(42)27-38;1-3-5-4-2;2*1-2/h13-15,18-21,24-25,36-39,43H,4,6-7,9-12,16-17,22-23,26-29H2,1-3,5,8H3;3-5H2,1-2H3;2*1-2H3. The lowest BCUT2D eigenvalue weighted by Gasteiger charge is -2.42. The number of alkyl halides is 1. The Morgan fingerprint density at radius 2 is 1.46 bits per heavy atom. The summed E-state index contributed by atoms with van der Waals surface area (Å²) in [6, 6.07) is 21.5. The molecule has 316 valence electrons. The Labute approximate surface area is 351 Å². The predicted molar refractivity (Wildman–Crippen MR) is 256 cm³/mol. The summed E-state index contributed by atoms with van der Waals surface area (Å²) in [5.74, 6) is 0. The van der Waals surface area contributed by atoms with Crippen molar-refractivity contribution < 1.29 is 4.39 Å². The van der Waals surface area contributed by atoms with Gasteiger partial charge >= 0.3 is 0 Å². The molecular formula is C50H83FN3PS.